The summed E-state index contributed by atoms with van der Waals surface area (Å²) in [7, 11) is 1.35. The van der Waals surface area contributed by atoms with Crippen molar-refractivity contribution in [2.24, 2.45) is 0 Å². The maximum atomic E-state index is 13.0. The Hall–Kier alpha value is -3.39. The minimum absolute atomic E-state index is 0.256. The van der Waals surface area contributed by atoms with Crippen molar-refractivity contribution in [1.82, 2.24) is 9.55 Å². The Morgan fingerprint density at radius 3 is 2.66 bits per heavy atom. The van der Waals surface area contributed by atoms with E-state index in [2.05, 4.69) is 36.6 Å². The summed E-state index contributed by atoms with van der Waals surface area (Å²) in [6.45, 7) is 5.34. The molecule has 8 heteroatoms. The number of esters is 1. The number of hydrogen-bond acceptors (Lipinski definition) is 6. The second-order valence-electron chi connectivity index (χ2n) is 8.85. The average molecular weight is 479 g/mol. The molecular weight excluding hydrogens is 444 g/mol. The van der Waals surface area contributed by atoms with Gasteiger partial charge in [0.25, 0.3) is 5.91 Å². The van der Waals surface area contributed by atoms with E-state index in [0.717, 1.165) is 30.5 Å². The van der Waals surface area contributed by atoms with Crippen molar-refractivity contribution in [3.05, 3.63) is 53.9 Å². The molecule has 1 atom stereocenters. The molecule has 0 radical (unpaired) electrons. The van der Waals surface area contributed by atoms with E-state index >= 15 is 0 Å². The molecule has 1 amide bonds. The third-order valence-corrected chi connectivity index (χ3v) is 6.57. The highest BCUT2D eigenvalue weighted by atomic mass is 16.5. The van der Waals surface area contributed by atoms with Crippen LogP contribution in [0.15, 0.2) is 42.6 Å². The van der Waals surface area contributed by atoms with Crippen molar-refractivity contribution in [2.45, 2.75) is 64.6 Å². The highest BCUT2D eigenvalue weighted by molar-refractivity contribution is 6.12. The molecule has 1 aliphatic heterocycles. The van der Waals surface area contributed by atoms with E-state index in [4.69, 9.17) is 14.5 Å². The molecular formula is C27H34N4O4. The lowest BCUT2D eigenvalue weighted by atomic mass is 10.1. The Bertz CT molecular complexity index is 1160. The van der Waals surface area contributed by atoms with Crippen LogP contribution < -0.4 is 10.6 Å². The normalized spacial score (nSPS) is 15.5. The van der Waals surface area contributed by atoms with Gasteiger partial charge in [0.05, 0.1) is 24.7 Å². The number of rotatable bonds is 10. The van der Waals surface area contributed by atoms with Gasteiger partial charge in [-0.3, -0.25) is 4.79 Å². The number of pyridine rings is 1. The summed E-state index contributed by atoms with van der Waals surface area (Å²) in [6.07, 6.45) is 5.40. The Balaban J connectivity index is 1.79. The van der Waals surface area contributed by atoms with E-state index in [0.29, 0.717) is 48.8 Å². The van der Waals surface area contributed by atoms with E-state index in [-0.39, 0.29) is 11.6 Å². The molecule has 0 bridgehead atoms. The number of carbonyl (C=O) groups is 2. The molecule has 3 aromatic rings. The lowest BCUT2D eigenvalue weighted by Crippen LogP contribution is -2.28. The molecule has 1 fully saturated rings. The largest absolute Gasteiger partial charge is 0.464 e. The summed E-state index contributed by atoms with van der Waals surface area (Å²) in [5, 5.41) is 7.19. The van der Waals surface area contributed by atoms with Crippen LogP contribution in [0.1, 0.15) is 55.6 Å². The molecule has 1 aliphatic rings. The van der Waals surface area contributed by atoms with Crippen LogP contribution in [0, 0.1) is 0 Å². The monoisotopic (exact) mass is 478 g/mol. The molecule has 3 heterocycles. The van der Waals surface area contributed by atoms with Gasteiger partial charge in [0.1, 0.15) is 11.8 Å². The van der Waals surface area contributed by atoms with Crippen LogP contribution in [0.2, 0.25) is 0 Å². The van der Waals surface area contributed by atoms with Crippen LogP contribution in [0.3, 0.4) is 0 Å². The number of nitrogens with one attached hydrogen (secondary N) is 2. The fraction of sp³-hybridized carbons (Fsp3) is 0.444. The number of methoxy groups -OCH3 is 1. The standard InChI is InChI=1S/C27H34N4O4/c1-4-19(5-2)29-20-16-21-23(30-26(32)22-12-9-15-35-22)24(27(33)34-3)31(25(21)28-17-20)14-13-18-10-7-6-8-11-18/h6-8,10-11,16-17,19,22,29H,4-5,9,12-15H2,1-3H3,(H,30,32). The predicted octanol–water partition coefficient (Wildman–Crippen LogP) is 4.78. The van der Waals surface area contributed by atoms with Crippen LogP contribution in [0.5, 0.6) is 0 Å². The van der Waals surface area contributed by atoms with Gasteiger partial charge < -0.3 is 24.7 Å². The maximum Gasteiger partial charge on any atom is 0.356 e. The number of hydrogen-bond donors (Lipinski definition) is 2. The first-order chi connectivity index (χ1) is 17.0. The van der Waals surface area contributed by atoms with Gasteiger partial charge in [0, 0.05) is 24.6 Å². The van der Waals surface area contributed by atoms with E-state index in [1.165, 1.54) is 7.11 Å². The van der Waals surface area contributed by atoms with E-state index < -0.39 is 12.1 Å². The summed E-state index contributed by atoms with van der Waals surface area (Å²) in [6, 6.07) is 12.3. The quantitative estimate of drug-likeness (QED) is 0.407. The van der Waals surface area contributed by atoms with Crippen LogP contribution >= 0.6 is 0 Å². The SMILES string of the molecule is CCC(CC)Nc1cnc2c(c1)c(NC(=O)C1CCCO1)c(C(=O)OC)n2CCc1ccccc1. The van der Waals surface area contributed by atoms with Gasteiger partial charge in [0.15, 0.2) is 5.69 Å². The predicted molar refractivity (Wildman–Crippen MR) is 137 cm³/mol. The second kappa shape index (κ2) is 11.4. The number of anilines is 2. The smallest absolute Gasteiger partial charge is 0.356 e. The van der Waals surface area contributed by atoms with Gasteiger partial charge >= 0.3 is 5.97 Å². The Kier molecular flexibility index (Phi) is 8.02. The minimum Gasteiger partial charge on any atom is -0.464 e. The lowest BCUT2D eigenvalue weighted by Gasteiger charge is -2.16. The van der Waals surface area contributed by atoms with Gasteiger partial charge in [-0.2, -0.15) is 0 Å². The first-order valence-corrected chi connectivity index (χ1v) is 12.4. The zero-order chi connectivity index (χ0) is 24.8. The first-order valence-electron chi connectivity index (χ1n) is 12.4. The lowest BCUT2D eigenvalue weighted by molar-refractivity contribution is -0.124. The van der Waals surface area contributed by atoms with Crippen LogP contribution in [-0.2, 0) is 27.2 Å². The average Bonchev–Trinajstić information content (AvgIpc) is 3.53. The molecule has 35 heavy (non-hydrogen) atoms. The van der Waals surface area contributed by atoms with Crippen LogP contribution in [-0.4, -0.2) is 47.3 Å². The second-order valence-corrected chi connectivity index (χ2v) is 8.85. The summed E-state index contributed by atoms with van der Waals surface area (Å²) in [5.74, 6) is -0.777. The summed E-state index contributed by atoms with van der Waals surface area (Å²) in [5.41, 5.74) is 3.31. The van der Waals surface area contributed by atoms with Crippen molar-refractivity contribution in [1.29, 1.82) is 0 Å². The van der Waals surface area contributed by atoms with Crippen molar-refractivity contribution in [3.63, 3.8) is 0 Å². The van der Waals surface area contributed by atoms with Crippen LogP contribution in [0.25, 0.3) is 11.0 Å². The molecule has 1 unspecified atom stereocenters. The number of nitrogens with zero attached hydrogens (tertiary/aromatic N) is 2. The molecule has 4 rings (SSSR count). The molecule has 186 valence electrons. The summed E-state index contributed by atoms with van der Waals surface area (Å²) in [4.78, 5) is 30.8. The number of fused-ring (bicyclic) bond motifs is 1. The first kappa shape index (κ1) is 24.7. The Morgan fingerprint density at radius 2 is 2.00 bits per heavy atom. The van der Waals surface area contributed by atoms with E-state index in [9.17, 15) is 9.59 Å². The number of carbonyl (C=O) groups excluding carboxylic acids is 2. The number of aryl methyl sites for hydroxylation is 2. The molecule has 0 aliphatic carbocycles. The molecule has 1 aromatic carbocycles. The number of ether oxygens (including phenoxy) is 2. The molecule has 1 saturated heterocycles. The van der Waals surface area contributed by atoms with E-state index in [1.54, 1.807) is 6.20 Å². The third kappa shape index (κ3) is 5.48. The Morgan fingerprint density at radius 1 is 1.23 bits per heavy atom. The molecule has 0 spiro atoms. The van der Waals surface area contributed by atoms with Crippen LogP contribution in [0.4, 0.5) is 11.4 Å². The highest BCUT2D eigenvalue weighted by Crippen LogP contribution is 2.34. The molecule has 2 N–H and O–H groups in total. The van der Waals surface area contributed by atoms with Gasteiger partial charge in [-0.25, -0.2) is 9.78 Å². The van der Waals surface area contributed by atoms with Gasteiger partial charge in [0.2, 0.25) is 0 Å². The number of amides is 1. The zero-order valence-corrected chi connectivity index (χ0v) is 20.7. The van der Waals surface area contributed by atoms with Gasteiger partial charge in [-0.15, -0.1) is 0 Å². The summed E-state index contributed by atoms with van der Waals surface area (Å²) < 4.78 is 12.6. The molecule has 0 saturated carbocycles. The third-order valence-electron chi connectivity index (χ3n) is 6.57. The summed E-state index contributed by atoms with van der Waals surface area (Å²) >= 11 is 0. The zero-order valence-electron chi connectivity index (χ0n) is 20.7. The van der Waals surface area contributed by atoms with Crippen molar-refractivity contribution in [2.75, 3.05) is 24.4 Å². The highest BCUT2D eigenvalue weighted by Gasteiger charge is 2.30. The minimum atomic E-state index is -0.526. The van der Waals surface area contributed by atoms with E-state index in [1.807, 2.05) is 28.8 Å². The van der Waals surface area contributed by atoms with Gasteiger partial charge in [-0.05, 0) is 43.7 Å². The molecule has 2 aromatic heterocycles. The van der Waals surface area contributed by atoms with Crippen molar-refractivity contribution < 1.29 is 19.1 Å². The van der Waals surface area contributed by atoms with Gasteiger partial charge in [-0.1, -0.05) is 44.2 Å². The van der Waals surface area contributed by atoms with Crippen molar-refractivity contribution >= 4 is 34.3 Å². The number of benzene rings is 1. The topological polar surface area (TPSA) is 94.5 Å². The fourth-order valence-electron chi connectivity index (χ4n) is 4.56. The number of aromatic nitrogens is 2. The molecule has 8 nitrogen and oxygen atoms in total. The maximum absolute atomic E-state index is 13.0. The van der Waals surface area contributed by atoms with Crippen molar-refractivity contribution in [3.8, 4) is 0 Å². The fourth-order valence-corrected chi connectivity index (χ4v) is 4.56. The Labute approximate surface area is 206 Å².